The Morgan fingerprint density at radius 3 is 2.47 bits per heavy atom. The van der Waals surface area contributed by atoms with Crippen LogP contribution < -0.4 is 15.4 Å². The first kappa shape index (κ1) is 26.5. The number of amides is 1. The molecule has 0 aliphatic carbocycles. The van der Waals surface area contributed by atoms with Crippen molar-refractivity contribution in [2.24, 2.45) is 10.9 Å². The number of piperidine rings is 1. The molecule has 2 rings (SSSR count). The Morgan fingerprint density at radius 2 is 1.87 bits per heavy atom. The number of halogens is 1. The summed E-state index contributed by atoms with van der Waals surface area (Å²) < 4.78 is 5.20. The van der Waals surface area contributed by atoms with Crippen LogP contribution in [0.4, 0.5) is 0 Å². The number of benzene rings is 1. The molecule has 1 aromatic rings. The van der Waals surface area contributed by atoms with E-state index in [1.54, 1.807) is 26.1 Å². The number of hydrogen-bond acceptors (Lipinski definition) is 4. The van der Waals surface area contributed by atoms with Gasteiger partial charge in [-0.15, -0.1) is 24.0 Å². The van der Waals surface area contributed by atoms with E-state index in [9.17, 15) is 4.79 Å². The summed E-state index contributed by atoms with van der Waals surface area (Å²) in [6.45, 7) is 7.44. The molecule has 8 heteroatoms. The maximum absolute atomic E-state index is 11.9. The minimum Gasteiger partial charge on any atom is -0.497 e. The second-order valence-corrected chi connectivity index (χ2v) is 7.96. The van der Waals surface area contributed by atoms with Crippen LogP contribution >= 0.6 is 24.0 Å². The average molecular weight is 531 g/mol. The first-order valence-electron chi connectivity index (χ1n) is 10.6. The van der Waals surface area contributed by atoms with Crippen molar-refractivity contribution in [3.63, 3.8) is 0 Å². The lowest BCUT2D eigenvalue weighted by Gasteiger charge is -2.30. The molecule has 1 aliphatic rings. The van der Waals surface area contributed by atoms with Crippen molar-refractivity contribution in [2.45, 2.75) is 32.7 Å². The van der Waals surface area contributed by atoms with E-state index in [2.05, 4.69) is 27.4 Å². The van der Waals surface area contributed by atoms with Gasteiger partial charge in [-0.05, 0) is 62.5 Å². The molecule has 0 atom stereocenters. The van der Waals surface area contributed by atoms with Crippen molar-refractivity contribution in [1.82, 2.24) is 20.4 Å². The highest BCUT2D eigenvalue weighted by Crippen LogP contribution is 2.15. The number of likely N-dealkylation sites (N-methyl/N-ethyl adjacent to an activating group) is 1. The number of nitrogens with one attached hydrogen (secondary N) is 2. The van der Waals surface area contributed by atoms with Crippen LogP contribution in [0.15, 0.2) is 29.3 Å². The Labute approximate surface area is 198 Å². The lowest BCUT2D eigenvalue weighted by molar-refractivity contribution is -0.127. The van der Waals surface area contributed by atoms with Gasteiger partial charge in [0.05, 0.1) is 20.2 Å². The van der Waals surface area contributed by atoms with Gasteiger partial charge in [0, 0.05) is 20.6 Å². The number of ether oxygens (including phenoxy) is 1. The molecule has 170 valence electrons. The number of carbonyl (C=O) groups excluding carboxylic acids is 1. The topological polar surface area (TPSA) is 69.2 Å². The van der Waals surface area contributed by atoms with Crippen LogP contribution in [0.3, 0.4) is 0 Å². The molecular weight excluding hydrogens is 493 g/mol. The zero-order valence-electron chi connectivity index (χ0n) is 18.8. The van der Waals surface area contributed by atoms with Crippen LogP contribution in [-0.4, -0.2) is 75.6 Å². The van der Waals surface area contributed by atoms with Crippen molar-refractivity contribution >= 4 is 35.8 Å². The first-order chi connectivity index (χ1) is 14.0. The van der Waals surface area contributed by atoms with Crippen LogP contribution in [0.5, 0.6) is 5.75 Å². The van der Waals surface area contributed by atoms with Gasteiger partial charge in [-0.25, -0.2) is 4.99 Å². The summed E-state index contributed by atoms with van der Waals surface area (Å²) in [5.41, 5.74) is 1.09. The third-order valence-corrected chi connectivity index (χ3v) is 5.30. The third kappa shape index (κ3) is 9.97. The molecule has 0 radical (unpaired) electrons. The number of hydrogen-bond donors (Lipinski definition) is 2. The standard InChI is InChI=1S/C22H37N5O2.HI/c1-18-10-14-27(15-11-18)13-5-12-23-22(25-17-21(28)26(2)3)24-16-19-6-8-20(29-4)9-7-19;/h6-9,18H,5,10-17H2,1-4H3,(H2,23,24,25);1H. The van der Waals surface area contributed by atoms with E-state index in [0.29, 0.717) is 12.5 Å². The predicted molar refractivity (Wildman–Crippen MR) is 134 cm³/mol. The lowest BCUT2D eigenvalue weighted by Crippen LogP contribution is -2.43. The summed E-state index contributed by atoms with van der Waals surface area (Å²) in [7, 11) is 5.17. The Bertz CT molecular complexity index is 643. The quantitative estimate of drug-likeness (QED) is 0.222. The van der Waals surface area contributed by atoms with E-state index in [4.69, 9.17) is 4.74 Å². The van der Waals surface area contributed by atoms with Gasteiger partial charge >= 0.3 is 0 Å². The minimum absolute atomic E-state index is 0. The summed E-state index contributed by atoms with van der Waals surface area (Å²) in [4.78, 5) is 20.7. The fourth-order valence-electron chi connectivity index (χ4n) is 3.19. The van der Waals surface area contributed by atoms with Gasteiger partial charge in [0.25, 0.3) is 0 Å². The maximum Gasteiger partial charge on any atom is 0.241 e. The van der Waals surface area contributed by atoms with E-state index < -0.39 is 0 Å². The number of rotatable bonds is 9. The fraction of sp³-hybridized carbons (Fsp3) is 0.636. The lowest BCUT2D eigenvalue weighted by atomic mass is 9.99. The molecule has 1 aromatic carbocycles. The Balaban J connectivity index is 0.00000450. The summed E-state index contributed by atoms with van der Waals surface area (Å²) in [5.74, 6) is 2.38. The van der Waals surface area contributed by atoms with Gasteiger partial charge < -0.3 is 25.2 Å². The van der Waals surface area contributed by atoms with E-state index in [1.165, 1.54) is 25.9 Å². The molecule has 0 aromatic heterocycles. The Morgan fingerprint density at radius 1 is 1.20 bits per heavy atom. The summed E-state index contributed by atoms with van der Waals surface area (Å²) in [6, 6.07) is 7.87. The molecule has 1 fully saturated rings. The molecule has 30 heavy (non-hydrogen) atoms. The third-order valence-electron chi connectivity index (χ3n) is 5.30. The smallest absolute Gasteiger partial charge is 0.241 e. The number of aliphatic imine (C=N–C) groups is 1. The highest BCUT2D eigenvalue weighted by Gasteiger charge is 2.14. The molecule has 0 saturated carbocycles. The Hall–Kier alpha value is -1.55. The van der Waals surface area contributed by atoms with Crippen LogP contribution in [0.25, 0.3) is 0 Å². The van der Waals surface area contributed by atoms with Crippen LogP contribution in [-0.2, 0) is 11.3 Å². The molecule has 2 N–H and O–H groups in total. The summed E-state index contributed by atoms with van der Waals surface area (Å²) in [6.07, 6.45) is 3.66. The van der Waals surface area contributed by atoms with Crippen LogP contribution in [0, 0.1) is 5.92 Å². The predicted octanol–water partition coefficient (Wildman–Crippen LogP) is 2.56. The van der Waals surface area contributed by atoms with E-state index in [1.807, 2.05) is 24.3 Å². The number of methoxy groups -OCH3 is 1. The Kier molecular flexibility index (Phi) is 12.8. The molecule has 1 saturated heterocycles. The van der Waals surface area contributed by atoms with E-state index >= 15 is 0 Å². The molecule has 0 spiro atoms. The summed E-state index contributed by atoms with van der Waals surface area (Å²) in [5, 5.41) is 6.52. The molecule has 1 aliphatic heterocycles. The van der Waals surface area contributed by atoms with Gasteiger partial charge in [-0.1, -0.05) is 19.1 Å². The monoisotopic (exact) mass is 531 g/mol. The van der Waals surface area contributed by atoms with Crippen molar-refractivity contribution in [2.75, 3.05) is 53.9 Å². The molecule has 1 amide bonds. The fourth-order valence-corrected chi connectivity index (χ4v) is 3.19. The molecule has 0 bridgehead atoms. The number of carbonyl (C=O) groups is 1. The van der Waals surface area contributed by atoms with Crippen molar-refractivity contribution in [3.05, 3.63) is 29.8 Å². The molecule has 1 heterocycles. The average Bonchev–Trinajstić information content (AvgIpc) is 2.73. The van der Waals surface area contributed by atoms with Gasteiger partial charge in [-0.2, -0.15) is 0 Å². The van der Waals surface area contributed by atoms with Gasteiger partial charge in [0.1, 0.15) is 5.75 Å². The second kappa shape index (κ2) is 14.5. The molecule has 7 nitrogen and oxygen atoms in total. The maximum atomic E-state index is 11.9. The normalized spacial score (nSPS) is 15.3. The zero-order chi connectivity index (χ0) is 21.1. The highest BCUT2D eigenvalue weighted by atomic mass is 127. The summed E-state index contributed by atoms with van der Waals surface area (Å²) >= 11 is 0. The molecule has 0 unspecified atom stereocenters. The van der Waals surface area contributed by atoms with Crippen LogP contribution in [0.1, 0.15) is 31.7 Å². The van der Waals surface area contributed by atoms with Gasteiger partial charge in [0.2, 0.25) is 5.91 Å². The first-order valence-corrected chi connectivity index (χ1v) is 10.6. The number of guanidine groups is 1. The minimum atomic E-state index is 0. The van der Waals surface area contributed by atoms with Crippen molar-refractivity contribution in [3.8, 4) is 5.75 Å². The van der Waals surface area contributed by atoms with Crippen molar-refractivity contribution in [1.29, 1.82) is 0 Å². The largest absolute Gasteiger partial charge is 0.497 e. The number of likely N-dealkylation sites (tertiary alicyclic amines) is 1. The van der Waals surface area contributed by atoms with Gasteiger partial charge in [-0.3, -0.25) is 4.79 Å². The SMILES string of the molecule is COc1ccc(CN=C(NCCCN2CCC(C)CC2)NCC(=O)N(C)C)cc1.I. The number of nitrogens with zero attached hydrogens (tertiary/aromatic N) is 3. The van der Waals surface area contributed by atoms with E-state index in [0.717, 1.165) is 36.7 Å². The highest BCUT2D eigenvalue weighted by molar-refractivity contribution is 14.0. The van der Waals surface area contributed by atoms with Gasteiger partial charge in [0.15, 0.2) is 5.96 Å². The molecular formula is C22H38IN5O2. The van der Waals surface area contributed by atoms with E-state index in [-0.39, 0.29) is 36.4 Å². The van der Waals surface area contributed by atoms with Crippen LogP contribution in [0.2, 0.25) is 0 Å². The van der Waals surface area contributed by atoms with Crippen molar-refractivity contribution < 1.29 is 9.53 Å². The zero-order valence-corrected chi connectivity index (χ0v) is 21.1. The second-order valence-electron chi connectivity index (χ2n) is 7.96.